The topological polar surface area (TPSA) is 53.6 Å². The molecule has 0 bridgehead atoms. The van der Waals surface area contributed by atoms with Crippen LogP contribution in [0.15, 0.2) is 0 Å². The van der Waals surface area contributed by atoms with Gasteiger partial charge >= 0.3 is 0 Å². The number of morpholine rings is 1. The predicted octanol–water partition coefficient (Wildman–Crippen LogP) is 1.14. The molecule has 5 nitrogen and oxygen atoms in total. The number of nitrogens with zero attached hydrogens (tertiary/aromatic N) is 1. The maximum Gasteiger partial charge on any atom is 0.221 e. The second kappa shape index (κ2) is 10.1. The number of nitrogens with one attached hydrogen (secondary N) is 2. The zero-order valence-corrected chi connectivity index (χ0v) is 13.2. The summed E-state index contributed by atoms with van der Waals surface area (Å²) in [6.45, 7) is 6.11. The van der Waals surface area contributed by atoms with Gasteiger partial charge in [0, 0.05) is 45.2 Å². The molecule has 0 aromatic heterocycles. The lowest BCUT2D eigenvalue weighted by atomic mass is 10.1. The van der Waals surface area contributed by atoms with Gasteiger partial charge in [0.15, 0.2) is 0 Å². The maximum atomic E-state index is 11.8. The Morgan fingerprint density at radius 3 is 2.48 bits per heavy atom. The van der Waals surface area contributed by atoms with Crippen molar-refractivity contribution in [1.82, 2.24) is 15.5 Å². The Labute approximate surface area is 128 Å². The molecule has 122 valence electrons. The number of hydrogen-bond acceptors (Lipinski definition) is 4. The molecule has 0 atom stereocenters. The quantitative estimate of drug-likeness (QED) is 0.692. The SMILES string of the molecule is O=C(CCNC1CCCCCC1)NCCN1CCOCC1. The monoisotopic (exact) mass is 297 g/mol. The molecule has 2 N–H and O–H groups in total. The summed E-state index contributed by atoms with van der Waals surface area (Å²) in [5.74, 6) is 0.171. The number of rotatable bonds is 7. The van der Waals surface area contributed by atoms with Gasteiger partial charge in [0.2, 0.25) is 5.91 Å². The van der Waals surface area contributed by atoms with Crippen LogP contribution in [0.1, 0.15) is 44.9 Å². The average Bonchev–Trinajstić information content (AvgIpc) is 2.77. The molecule has 1 saturated carbocycles. The van der Waals surface area contributed by atoms with Crippen molar-refractivity contribution in [2.75, 3.05) is 45.9 Å². The number of carbonyl (C=O) groups excluding carboxylic acids is 1. The van der Waals surface area contributed by atoms with Crippen LogP contribution in [0.25, 0.3) is 0 Å². The number of hydrogen-bond donors (Lipinski definition) is 2. The van der Waals surface area contributed by atoms with Crippen molar-refractivity contribution in [3.63, 3.8) is 0 Å². The summed E-state index contributed by atoms with van der Waals surface area (Å²) in [7, 11) is 0. The maximum absolute atomic E-state index is 11.8. The zero-order chi connectivity index (χ0) is 14.8. The first-order chi connectivity index (χ1) is 10.3. The van der Waals surface area contributed by atoms with Gasteiger partial charge < -0.3 is 15.4 Å². The highest BCUT2D eigenvalue weighted by atomic mass is 16.5. The van der Waals surface area contributed by atoms with Crippen LogP contribution in [0.3, 0.4) is 0 Å². The van der Waals surface area contributed by atoms with Gasteiger partial charge in [-0.25, -0.2) is 0 Å². The second-order valence-electron chi connectivity index (χ2n) is 6.20. The third-order valence-corrected chi connectivity index (χ3v) is 4.49. The molecule has 1 amide bonds. The largest absolute Gasteiger partial charge is 0.379 e. The molecule has 0 aromatic rings. The van der Waals surface area contributed by atoms with Crippen LogP contribution in [0.4, 0.5) is 0 Å². The first kappa shape index (κ1) is 16.7. The molecular formula is C16H31N3O2. The fraction of sp³-hybridized carbons (Fsp3) is 0.938. The van der Waals surface area contributed by atoms with Gasteiger partial charge in [0.1, 0.15) is 0 Å². The fourth-order valence-electron chi connectivity index (χ4n) is 3.14. The highest BCUT2D eigenvalue weighted by Gasteiger charge is 2.12. The van der Waals surface area contributed by atoms with Gasteiger partial charge in [0.25, 0.3) is 0 Å². The Morgan fingerprint density at radius 1 is 1.05 bits per heavy atom. The Balaban J connectivity index is 1.47. The summed E-state index contributed by atoms with van der Waals surface area (Å²) in [6.07, 6.45) is 8.57. The lowest BCUT2D eigenvalue weighted by Crippen LogP contribution is -2.41. The first-order valence-corrected chi connectivity index (χ1v) is 8.65. The summed E-state index contributed by atoms with van der Waals surface area (Å²) in [5.41, 5.74) is 0. The molecule has 0 unspecified atom stereocenters. The van der Waals surface area contributed by atoms with E-state index in [4.69, 9.17) is 4.74 Å². The van der Waals surface area contributed by atoms with E-state index in [1.54, 1.807) is 0 Å². The fourth-order valence-corrected chi connectivity index (χ4v) is 3.14. The van der Waals surface area contributed by atoms with Gasteiger partial charge in [-0.3, -0.25) is 9.69 Å². The number of ether oxygens (including phenoxy) is 1. The minimum absolute atomic E-state index is 0.171. The number of amides is 1. The van der Waals surface area contributed by atoms with E-state index in [9.17, 15) is 4.79 Å². The van der Waals surface area contributed by atoms with E-state index >= 15 is 0 Å². The molecule has 0 spiro atoms. The van der Waals surface area contributed by atoms with E-state index in [-0.39, 0.29) is 5.91 Å². The normalized spacial score (nSPS) is 21.9. The van der Waals surface area contributed by atoms with Crippen LogP contribution in [0.2, 0.25) is 0 Å². The van der Waals surface area contributed by atoms with Gasteiger partial charge in [-0.1, -0.05) is 25.7 Å². The molecule has 1 heterocycles. The highest BCUT2D eigenvalue weighted by molar-refractivity contribution is 5.76. The molecular weight excluding hydrogens is 266 g/mol. The smallest absolute Gasteiger partial charge is 0.221 e. The summed E-state index contributed by atoms with van der Waals surface area (Å²) in [5, 5.41) is 6.56. The first-order valence-electron chi connectivity index (χ1n) is 8.65. The van der Waals surface area contributed by atoms with Gasteiger partial charge in [-0.2, -0.15) is 0 Å². The highest BCUT2D eigenvalue weighted by Crippen LogP contribution is 2.16. The minimum Gasteiger partial charge on any atom is -0.379 e. The van der Waals surface area contributed by atoms with Crippen molar-refractivity contribution in [2.24, 2.45) is 0 Å². The van der Waals surface area contributed by atoms with E-state index in [0.717, 1.165) is 45.9 Å². The molecule has 0 radical (unpaired) electrons. The van der Waals surface area contributed by atoms with E-state index in [2.05, 4.69) is 15.5 Å². The van der Waals surface area contributed by atoms with E-state index in [1.807, 2.05) is 0 Å². The number of carbonyl (C=O) groups is 1. The van der Waals surface area contributed by atoms with Crippen molar-refractivity contribution in [1.29, 1.82) is 0 Å². The lowest BCUT2D eigenvalue weighted by molar-refractivity contribution is -0.121. The predicted molar refractivity (Wildman–Crippen MR) is 84.4 cm³/mol. The third-order valence-electron chi connectivity index (χ3n) is 4.49. The van der Waals surface area contributed by atoms with Crippen LogP contribution in [0.5, 0.6) is 0 Å². The van der Waals surface area contributed by atoms with Crippen molar-refractivity contribution in [2.45, 2.75) is 51.0 Å². The summed E-state index contributed by atoms with van der Waals surface area (Å²) in [4.78, 5) is 14.1. The van der Waals surface area contributed by atoms with Crippen LogP contribution in [0, 0.1) is 0 Å². The molecule has 21 heavy (non-hydrogen) atoms. The van der Waals surface area contributed by atoms with Crippen LogP contribution < -0.4 is 10.6 Å². The third kappa shape index (κ3) is 7.25. The minimum atomic E-state index is 0.171. The molecule has 2 fully saturated rings. The Kier molecular flexibility index (Phi) is 8.07. The molecule has 1 saturated heterocycles. The van der Waals surface area contributed by atoms with Crippen molar-refractivity contribution < 1.29 is 9.53 Å². The van der Waals surface area contributed by atoms with Gasteiger partial charge in [-0.15, -0.1) is 0 Å². The van der Waals surface area contributed by atoms with Gasteiger partial charge in [-0.05, 0) is 12.8 Å². The summed E-state index contributed by atoms with van der Waals surface area (Å²) < 4.78 is 5.31. The van der Waals surface area contributed by atoms with Crippen LogP contribution in [-0.4, -0.2) is 62.8 Å². The van der Waals surface area contributed by atoms with E-state index in [0.29, 0.717) is 12.5 Å². The Morgan fingerprint density at radius 2 is 1.76 bits per heavy atom. The summed E-state index contributed by atoms with van der Waals surface area (Å²) in [6, 6.07) is 0.633. The second-order valence-corrected chi connectivity index (χ2v) is 6.20. The molecule has 0 aromatic carbocycles. The van der Waals surface area contributed by atoms with E-state index < -0.39 is 0 Å². The Hall–Kier alpha value is -0.650. The van der Waals surface area contributed by atoms with Crippen molar-refractivity contribution in [3.05, 3.63) is 0 Å². The standard InChI is InChI=1S/C16H31N3O2/c20-16(18-9-10-19-11-13-21-14-12-19)7-8-17-15-5-3-1-2-4-6-15/h15,17H,1-14H2,(H,18,20). The molecule has 5 heteroatoms. The van der Waals surface area contributed by atoms with Crippen LogP contribution >= 0.6 is 0 Å². The summed E-state index contributed by atoms with van der Waals surface area (Å²) >= 11 is 0. The molecule has 1 aliphatic heterocycles. The zero-order valence-electron chi connectivity index (χ0n) is 13.2. The van der Waals surface area contributed by atoms with Crippen molar-refractivity contribution in [3.8, 4) is 0 Å². The molecule has 1 aliphatic carbocycles. The molecule has 2 rings (SSSR count). The van der Waals surface area contributed by atoms with Crippen molar-refractivity contribution >= 4 is 5.91 Å². The Bertz CT molecular complexity index is 285. The molecule has 2 aliphatic rings. The lowest BCUT2D eigenvalue weighted by Gasteiger charge is -2.26. The van der Waals surface area contributed by atoms with Crippen LogP contribution in [-0.2, 0) is 9.53 Å². The van der Waals surface area contributed by atoms with E-state index in [1.165, 1.54) is 38.5 Å². The van der Waals surface area contributed by atoms with Gasteiger partial charge in [0.05, 0.1) is 13.2 Å². The average molecular weight is 297 g/mol.